The zero-order valence-electron chi connectivity index (χ0n) is 18.2. The summed E-state index contributed by atoms with van der Waals surface area (Å²) in [5.41, 5.74) is 1.27. The Morgan fingerprint density at radius 2 is 1.81 bits per heavy atom. The van der Waals surface area contributed by atoms with Gasteiger partial charge in [-0.1, -0.05) is 0 Å². The van der Waals surface area contributed by atoms with E-state index in [1.807, 2.05) is 6.07 Å². The van der Waals surface area contributed by atoms with Crippen LogP contribution in [0.5, 0.6) is 17.2 Å². The Hall–Kier alpha value is -1.66. The number of phenols is 1. The molecule has 0 radical (unpaired) electrons. The summed E-state index contributed by atoms with van der Waals surface area (Å²) in [6.45, 7) is -0.553. The number of benzene rings is 1. The second kappa shape index (κ2) is 8.94. The third-order valence-corrected chi connectivity index (χ3v) is 7.22. The topological polar surface area (TPSA) is 158 Å². The summed E-state index contributed by atoms with van der Waals surface area (Å²) in [5, 5.41) is 61.4. The normalized spacial score (nSPS) is 39.2. The van der Waals surface area contributed by atoms with Crippen LogP contribution in [0, 0.1) is 0 Å². The van der Waals surface area contributed by atoms with Crippen LogP contribution in [-0.4, -0.2) is 94.4 Å². The molecule has 180 valence electrons. The van der Waals surface area contributed by atoms with Crippen molar-refractivity contribution >= 4 is 0 Å². The highest BCUT2D eigenvalue weighted by molar-refractivity contribution is 5.62. The number of ether oxygens (including phenoxy) is 4. The van der Waals surface area contributed by atoms with Gasteiger partial charge in [0.25, 0.3) is 0 Å². The lowest BCUT2D eigenvalue weighted by Gasteiger charge is -2.45. The maximum Gasteiger partial charge on any atom is 0.203 e. The van der Waals surface area contributed by atoms with Crippen molar-refractivity contribution in [2.24, 2.45) is 0 Å². The van der Waals surface area contributed by atoms with Crippen molar-refractivity contribution < 1.29 is 49.6 Å². The number of aliphatic hydroxyl groups excluding tert-OH is 5. The predicted octanol–water partition coefficient (Wildman–Crippen LogP) is -0.677. The summed E-state index contributed by atoms with van der Waals surface area (Å²) in [4.78, 5) is 0. The third-order valence-electron chi connectivity index (χ3n) is 7.22. The molecule has 2 aliphatic carbocycles. The molecule has 4 rings (SSSR count). The van der Waals surface area contributed by atoms with Gasteiger partial charge in [0, 0.05) is 11.0 Å². The third kappa shape index (κ3) is 3.73. The Morgan fingerprint density at radius 3 is 2.44 bits per heavy atom. The second-order valence-corrected chi connectivity index (χ2v) is 8.96. The molecule has 1 aromatic rings. The molecule has 32 heavy (non-hydrogen) atoms. The first kappa shape index (κ1) is 23.5. The number of hydrogen-bond donors (Lipinski definition) is 6. The van der Waals surface area contributed by atoms with Crippen LogP contribution in [-0.2, 0) is 21.3 Å². The van der Waals surface area contributed by atoms with E-state index in [4.69, 9.17) is 18.9 Å². The van der Waals surface area contributed by atoms with Crippen LogP contribution in [0.15, 0.2) is 6.07 Å². The molecule has 1 spiro atoms. The van der Waals surface area contributed by atoms with Crippen LogP contribution in [0.4, 0.5) is 0 Å². The summed E-state index contributed by atoms with van der Waals surface area (Å²) in [6.07, 6.45) is -5.69. The fourth-order valence-corrected chi connectivity index (χ4v) is 5.52. The summed E-state index contributed by atoms with van der Waals surface area (Å²) in [7, 11) is 2.98. The van der Waals surface area contributed by atoms with Crippen LogP contribution in [0.25, 0.3) is 0 Å². The van der Waals surface area contributed by atoms with E-state index in [9.17, 15) is 30.6 Å². The van der Waals surface area contributed by atoms with Crippen molar-refractivity contribution in [1.29, 1.82) is 0 Å². The molecule has 6 N–H and O–H groups in total. The highest BCUT2D eigenvalue weighted by Crippen LogP contribution is 2.56. The smallest absolute Gasteiger partial charge is 0.203 e. The monoisotopic (exact) mass is 456 g/mol. The Balaban J connectivity index is 1.52. The fourth-order valence-electron chi connectivity index (χ4n) is 5.52. The van der Waals surface area contributed by atoms with Gasteiger partial charge >= 0.3 is 0 Å². The predicted molar refractivity (Wildman–Crippen MR) is 110 cm³/mol. The Kier molecular flexibility index (Phi) is 6.56. The van der Waals surface area contributed by atoms with Crippen molar-refractivity contribution in [3.8, 4) is 17.2 Å². The van der Waals surface area contributed by atoms with E-state index in [0.29, 0.717) is 25.0 Å². The highest BCUT2D eigenvalue weighted by atomic mass is 16.7. The highest BCUT2D eigenvalue weighted by Gasteiger charge is 2.50. The minimum Gasteiger partial charge on any atom is -0.504 e. The van der Waals surface area contributed by atoms with E-state index in [-0.39, 0.29) is 11.5 Å². The lowest BCUT2D eigenvalue weighted by atomic mass is 9.68. The molecule has 1 aromatic carbocycles. The van der Waals surface area contributed by atoms with Gasteiger partial charge in [0.2, 0.25) is 5.75 Å². The molecule has 1 saturated heterocycles. The van der Waals surface area contributed by atoms with Gasteiger partial charge in [-0.15, -0.1) is 0 Å². The second-order valence-electron chi connectivity index (χ2n) is 8.96. The van der Waals surface area contributed by atoms with Crippen LogP contribution < -0.4 is 9.47 Å². The fraction of sp³-hybridized carbons (Fsp3) is 0.727. The van der Waals surface area contributed by atoms with E-state index < -0.39 is 54.9 Å². The Bertz CT molecular complexity index is 829. The molecule has 3 unspecified atom stereocenters. The van der Waals surface area contributed by atoms with Crippen LogP contribution in [0.2, 0.25) is 0 Å². The van der Waals surface area contributed by atoms with Crippen LogP contribution >= 0.6 is 0 Å². The minimum atomic E-state index is -1.54. The zero-order valence-corrected chi connectivity index (χ0v) is 18.2. The summed E-state index contributed by atoms with van der Waals surface area (Å²) in [5.74, 6) is 0.752. The van der Waals surface area contributed by atoms with E-state index in [1.54, 1.807) is 0 Å². The maximum absolute atomic E-state index is 11.0. The maximum atomic E-state index is 11.0. The molecule has 1 saturated carbocycles. The molecule has 10 heteroatoms. The molecule has 0 aromatic heterocycles. The number of hydrogen-bond acceptors (Lipinski definition) is 10. The number of aromatic hydroxyl groups is 1. The number of methoxy groups -OCH3 is 2. The van der Waals surface area contributed by atoms with Crippen molar-refractivity contribution in [1.82, 2.24) is 0 Å². The molecule has 1 heterocycles. The lowest BCUT2D eigenvalue weighted by molar-refractivity contribution is -0.319. The molecule has 1 aliphatic heterocycles. The average molecular weight is 456 g/mol. The summed E-state index contributed by atoms with van der Waals surface area (Å²) >= 11 is 0. The van der Waals surface area contributed by atoms with Gasteiger partial charge in [-0.25, -0.2) is 0 Å². The van der Waals surface area contributed by atoms with Crippen molar-refractivity contribution in [3.05, 3.63) is 17.2 Å². The zero-order chi connectivity index (χ0) is 23.2. The Labute approximate surface area is 185 Å². The van der Waals surface area contributed by atoms with Crippen LogP contribution in [0.3, 0.4) is 0 Å². The quantitative estimate of drug-likeness (QED) is 0.335. The van der Waals surface area contributed by atoms with Crippen LogP contribution in [0.1, 0.15) is 36.8 Å². The molecular formula is C22H32O10. The largest absolute Gasteiger partial charge is 0.504 e. The van der Waals surface area contributed by atoms with Gasteiger partial charge in [-0.2, -0.15) is 0 Å². The minimum absolute atomic E-state index is 0.0276. The first-order valence-corrected chi connectivity index (χ1v) is 10.9. The summed E-state index contributed by atoms with van der Waals surface area (Å²) < 4.78 is 21.9. The molecule has 2 fully saturated rings. The first-order valence-electron chi connectivity index (χ1n) is 10.9. The number of fused-ring (bicyclic) bond motifs is 2. The number of rotatable bonds is 5. The van der Waals surface area contributed by atoms with E-state index in [1.165, 1.54) is 14.2 Å². The average Bonchev–Trinajstić information content (AvgIpc) is 3.13. The molecule has 3 aliphatic rings. The van der Waals surface area contributed by atoms with E-state index >= 15 is 0 Å². The Morgan fingerprint density at radius 1 is 1.06 bits per heavy atom. The number of phenolic OH excluding ortho intramolecular Hbond substituents is 1. The van der Waals surface area contributed by atoms with Gasteiger partial charge < -0.3 is 49.6 Å². The summed E-state index contributed by atoms with van der Waals surface area (Å²) in [6, 6.07) is 1.87. The van der Waals surface area contributed by atoms with E-state index in [2.05, 4.69) is 0 Å². The molecule has 0 bridgehead atoms. The van der Waals surface area contributed by atoms with E-state index in [0.717, 1.165) is 24.0 Å². The van der Waals surface area contributed by atoms with Crippen molar-refractivity contribution in [2.45, 2.75) is 80.4 Å². The molecule has 10 nitrogen and oxygen atoms in total. The van der Waals surface area contributed by atoms with Crippen molar-refractivity contribution in [3.63, 3.8) is 0 Å². The van der Waals surface area contributed by atoms with Gasteiger partial charge in [0.15, 0.2) is 17.8 Å². The van der Waals surface area contributed by atoms with Gasteiger partial charge in [0.1, 0.15) is 24.4 Å². The molecule has 0 amide bonds. The van der Waals surface area contributed by atoms with Crippen molar-refractivity contribution in [2.75, 3.05) is 20.8 Å². The van der Waals surface area contributed by atoms with Gasteiger partial charge in [-0.3, -0.25) is 0 Å². The SMILES string of the molecule is COc1cc2c(c(O)c1OC)C1(CC2)CCC(O[C@@H]2O[C@H](CO)[C@@H](O)[C@H](O)[C@H]2O)C(O)C1. The molecular weight excluding hydrogens is 424 g/mol. The number of aliphatic hydroxyl groups is 5. The van der Waals surface area contributed by atoms with Gasteiger partial charge in [-0.05, 0) is 43.7 Å². The standard InChI is InChI=1S/C22H32O10/c1-29-13-7-10-3-5-22(15(10)17(26)20(13)30-2)6-4-12(11(24)8-22)31-21-19(28)18(27)16(25)14(9-23)32-21/h7,11-12,14,16,18-19,21,23-28H,3-6,8-9H2,1-2H3/t11?,12?,14-,16-,18+,19-,21-,22?/m1/s1. The number of aryl methyl sites for hydroxylation is 1. The lowest BCUT2D eigenvalue weighted by Crippen LogP contribution is -2.60. The van der Waals surface area contributed by atoms with Gasteiger partial charge in [0.05, 0.1) is 33.0 Å². The first-order chi connectivity index (χ1) is 15.3. The molecule has 8 atom stereocenters.